The molecule has 0 atom stereocenters. The number of ketones is 1. The van der Waals surface area contributed by atoms with Crippen molar-refractivity contribution in [1.82, 2.24) is 20.6 Å². The minimum absolute atomic E-state index is 0.0584. The molecule has 2 heterocycles. The summed E-state index contributed by atoms with van der Waals surface area (Å²) >= 11 is 0. The number of nitrogens with one attached hydrogen (secondary N) is 2. The Balaban J connectivity index is 0. The Morgan fingerprint density at radius 1 is 0.833 bits per heavy atom. The predicted octanol–water partition coefficient (Wildman–Crippen LogP) is 2.35. The number of rotatable bonds is 4. The molecule has 0 aliphatic carbocycles. The number of aromatic carboxylic acids is 1. The van der Waals surface area contributed by atoms with Crippen molar-refractivity contribution in [3.05, 3.63) is 60.2 Å². The first-order chi connectivity index (χ1) is 14.2. The zero-order valence-corrected chi connectivity index (χ0v) is 18.0. The van der Waals surface area contributed by atoms with Gasteiger partial charge in [0.15, 0.2) is 5.78 Å². The second-order valence-corrected chi connectivity index (χ2v) is 5.40. The van der Waals surface area contributed by atoms with Crippen LogP contribution < -0.4 is 10.6 Å². The molecule has 0 aromatic carbocycles. The molecule has 164 valence electrons. The highest BCUT2D eigenvalue weighted by Crippen LogP contribution is 1.94. The van der Waals surface area contributed by atoms with Gasteiger partial charge in [0, 0.05) is 57.3 Å². The van der Waals surface area contributed by atoms with E-state index in [9.17, 15) is 19.2 Å². The van der Waals surface area contributed by atoms with Crippen LogP contribution in [0.2, 0.25) is 0 Å². The lowest BCUT2D eigenvalue weighted by Crippen LogP contribution is -2.15. The van der Waals surface area contributed by atoms with Crippen LogP contribution in [-0.2, 0) is 9.59 Å². The van der Waals surface area contributed by atoms with E-state index in [-0.39, 0.29) is 23.2 Å². The maximum atomic E-state index is 10.6. The van der Waals surface area contributed by atoms with Crippen molar-refractivity contribution in [2.75, 3.05) is 14.1 Å². The lowest BCUT2D eigenvalue weighted by Gasteiger charge is -1.88. The molecule has 3 N–H and O–H groups in total. The number of aromatic nitrogens is 2. The Morgan fingerprint density at radius 2 is 1.23 bits per heavy atom. The van der Waals surface area contributed by atoms with Gasteiger partial charge in [-0.3, -0.25) is 24.4 Å². The molecule has 0 saturated heterocycles. The third kappa shape index (κ3) is 16.5. The van der Waals surface area contributed by atoms with Gasteiger partial charge in [0.1, 0.15) is 0 Å². The molecule has 2 rings (SSSR count). The number of Topliss-reactive ketones (excluding diaryl/α,β-unsaturated/α-hetero) is 1. The first-order valence-electron chi connectivity index (χ1n) is 9.18. The molecule has 0 saturated carbocycles. The van der Waals surface area contributed by atoms with E-state index in [1.54, 1.807) is 44.7 Å². The van der Waals surface area contributed by atoms with E-state index in [1.165, 1.54) is 25.4 Å². The Morgan fingerprint density at radius 3 is 1.37 bits per heavy atom. The minimum atomic E-state index is -0.942. The third-order valence-corrected chi connectivity index (χ3v) is 3.18. The van der Waals surface area contributed by atoms with E-state index >= 15 is 0 Å². The fraction of sp³-hybridized carbons (Fsp3) is 0.333. The van der Waals surface area contributed by atoms with Crippen LogP contribution in [0, 0.1) is 0 Å². The lowest BCUT2D eigenvalue weighted by molar-refractivity contribution is -0.121. The van der Waals surface area contributed by atoms with Crippen molar-refractivity contribution in [2.24, 2.45) is 0 Å². The number of carboxylic acid groups (broad SMARTS) is 1. The van der Waals surface area contributed by atoms with E-state index in [1.807, 2.05) is 13.8 Å². The molecule has 0 aliphatic heterocycles. The van der Waals surface area contributed by atoms with Gasteiger partial charge in [-0.25, -0.2) is 4.79 Å². The van der Waals surface area contributed by atoms with Gasteiger partial charge >= 0.3 is 5.97 Å². The number of carbonyl (C=O) groups excluding carboxylic acids is 3. The molecule has 9 heteroatoms. The van der Waals surface area contributed by atoms with Gasteiger partial charge in [-0.2, -0.15) is 0 Å². The molecule has 2 aromatic rings. The van der Waals surface area contributed by atoms with Crippen LogP contribution in [0.4, 0.5) is 0 Å². The van der Waals surface area contributed by atoms with Gasteiger partial charge in [0.25, 0.3) is 0 Å². The monoisotopic (exact) mass is 418 g/mol. The van der Waals surface area contributed by atoms with Gasteiger partial charge < -0.3 is 15.7 Å². The van der Waals surface area contributed by atoms with Gasteiger partial charge in [-0.15, -0.1) is 0 Å². The summed E-state index contributed by atoms with van der Waals surface area (Å²) < 4.78 is 0. The number of nitrogens with zero attached hydrogens (tertiary/aromatic N) is 2. The molecular weight excluding hydrogens is 388 g/mol. The minimum Gasteiger partial charge on any atom is -0.478 e. The van der Waals surface area contributed by atoms with Gasteiger partial charge in [0.05, 0.1) is 5.56 Å². The van der Waals surface area contributed by atoms with Crippen LogP contribution in [0.25, 0.3) is 0 Å². The van der Waals surface area contributed by atoms with Crippen molar-refractivity contribution in [1.29, 1.82) is 0 Å². The fourth-order valence-corrected chi connectivity index (χ4v) is 1.41. The van der Waals surface area contributed by atoms with Crippen LogP contribution in [-0.4, -0.2) is 52.7 Å². The normalized spacial score (nSPS) is 8.43. The highest BCUT2D eigenvalue weighted by Gasteiger charge is 1.97. The second-order valence-electron chi connectivity index (χ2n) is 5.40. The Bertz CT molecular complexity index is 675. The largest absolute Gasteiger partial charge is 0.478 e. The number of carboxylic acids is 1. The molecule has 0 aliphatic rings. The summed E-state index contributed by atoms with van der Waals surface area (Å²) in [5.74, 6) is -0.698. The first kappa shape index (κ1) is 28.6. The molecular formula is C21H30N4O5. The summed E-state index contributed by atoms with van der Waals surface area (Å²) in [7, 11) is 3.26. The van der Waals surface area contributed by atoms with Crippen LogP contribution in [0.15, 0.2) is 49.1 Å². The summed E-state index contributed by atoms with van der Waals surface area (Å²) in [5, 5.41) is 13.3. The lowest BCUT2D eigenvalue weighted by atomic mass is 10.2. The standard InChI is InChI=1S/C7H7NO.C6H5NO2.2C4H9NO/c1-6(9)7-3-2-4-8-5-7;8-6(9)5-2-1-3-7-4-5;2*1-3-4(6)5-2/h2-5H,1H3;1-4H,(H,8,9);2*3H2,1-2H3,(H,5,6). The average Bonchev–Trinajstić information content (AvgIpc) is 2.80. The van der Waals surface area contributed by atoms with E-state index in [4.69, 9.17) is 5.11 Å². The SMILES string of the molecule is CC(=O)c1cccnc1.CCC(=O)NC.CCC(=O)NC.O=C(O)c1cccnc1. The van der Waals surface area contributed by atoms with Crippen LogP contribution in [0.3, 0.4) is 0 Å². The van der Waals surface area contributed by atoms with Crippen LogP contribution >= 0.6 is 0 Å². The number of pyridine rings is 2. The summed E-state index contributed by atoms with van der Waals surface area (Å²) in [5.41, 5.74) is 0.884. The molecule has 0 radical (unpaired) electrons. The molecule has 0 bridgehead atoms. The van der Waals surface area contributed by atoms with Crippen molar-refractivity contribution < 1.29 is 24.3 Å². The molecule has 2 amide bonds. The van der Waals surface area contributed by atoms with Crippen molar-refractivity contribution >= 4 is 23.6 Å². The molecule has 9 nitrogen and oxygen atoms in total. The van der Waals surface area contributed by atoms with E-state index in [0.717, 1.165) is 0 Å². The third-order valence-electron chi connectivity index (χ3n) is 3.18. The van der Waals surface area contributed by atoms with Gasteiger partial charge in [-0.1, -0.05) is 13.8 Å². The molecule has 0 fully saturated rings. The summed E-state index contributed by atoms with van der Waals surface area (Å²) in [6, 6.07) is 6.57. The number of amides is 2. The number of hydrogen-bond acceptors (Lipinski definition) is 6. The predicted molar refractivity (Wildman–Crippen MR) is 114 cm³/mol. The van der Waals surface area contributed by atoms with Crippen LogP contribution in [0.1, 0.15) is 54.3 Å². The molecule has 0 spiro atoms. The molecule has 30 heavy (non-hydrogen) atoms. The second kappa shape index (κ2) is 18.7. The first-order valence-corrected chi connectivity index (χ1v) is 9.18. The topological polar surface area (TPSA) is 138 Å². The molecule has 0 unspecified atom stereocenters. The summed E-state index contributed by atoms with van der Waals surface area (Å²) in [6.07, 6.45) is 7.20. The van der Waals surface area contributed by atoms with Crippen LogP contribution in [0.5, 0.6) is 0 Å². The van der Waals surface area contributed by atoms with E-state index < -0.39 is 5.97 Å². The summed E-state index contributed by atoms with van der Waals surface area (Å²) in [6.45, 7) is 5.16. The smallest absolute Gasteiger partial charge is 0.337 e. The van der Waals surface area contributed by atoms with Gasteiger partial charge in [-0.05, 0) is 31.2 Å². The number of hydrogen-bond donors (Lipinski definition) is 3. The van der Waals surface area contributed by atoms with Crippen molar-refractivity contribution in [2.45, 2.75) is 33.6 Å². The Kier molecular flexibility index (Phi) is 17.8. The summed E-state index contributed by atoms with van der Waals surface area (Å²) in [4.78, 5) is 48.3. The fourth-order valence-electron chi connectivity index (χ4n) is 1.41. The molecule has 2 aromatic heterocycles. The Hall–Kier alpha value is -3.62. The highest BCUT2D eigenvalue weighted by molar-refractivity contribution is 5.93. The van der Waals surface area contributed by atoms with Crippen molar-refractivity contribution in [3.63, 3.8) is 0 Å². The zero-order chi connectivity index (χ0) is 23.4. The Labute approximate surface area is 176 Å². The van der Waals surface area contributed by atoms with Crippen molar-refractivity contribution in [3.8, 4) is 0 Å². The van der Waals surface area contributed by atoms with E-state index in [0.29, 0.717) is 18.4 Å². The highest BCUT2D eigenvalue weighted by atomic mass is 16.4. The van der Waals surface area contributed by atoms with Gasteiger partial charge in [0.2, 0.25) is 11.8 Å². The number of carbonyl (C=O) groups is 4. The average molecular weight is 418 g/mol. The maximum absolute atomic E-state index is 10.6. The quantitative estimate of drug-likeness (QED) is 0.648. The van der Waals surface area contributed by atoms with E-state index in [2.05, 4.69) is 20.6 Å². The maximum Gasteiger partial charge on any atom is 0.337 e. The zero-order valence-electron chi connectivity index (χ0n) is 18.0.